The highest BCUT2D eigenvalue weighted by molar-refractivity contribution is 5.76. The fraction of sp³-hybridized carbons (Fsp3) is 0.917. The molecule has 0 spiro atoms. The van der Waals surface area contributed by atoms with Crippen molar-refractivity contribution in [3.8, 4) is 0 Å². The van der Waals surface area contributed by atoms with Crippen LogP contribution in [0.5, 0.6) is 0 Å². The first-order chi connectivity index (χ1) is 7.38. The summed E-state index contributed by atoms with van der Waals surface area (Å²) < 4.78 is 0. The molecule has 0 radical (unpaired) electrons. The number of carbonyl (C=O) groups is 1. The Hall–Kier alpha value is -0.570. The van der Waals surface area contributed by atoms with Crippen molar-refractivity contribution in [1.82, 2.24) is 10.2 Å². The maximum atomic E-state index is 12.0. The smallest absolute Gasteiger partial charge is 0.222 e. The zero-order valence-electron chi connectivity index (χ0n) is 9.50. The van der Waals surface area contributed by atoms with Gasteiger partial charge in [-0.15, -0.1) is 0 Å². The van der Waals surface area contributed by atoms with E-state index in [0.29, 0.717) is 11.9 Å². The van der Waals surface area contributed by atoms with Crippen LogP contribution in [0.15, 0.2) is 0 Å². The highest BCUT2D eigenvalue weighted by Gasteiger charge is 2.25. The molecule has 2 rings (SSSR count). The van der Waals surface area contributed by atoms with Crippen LogP contribution in [-0.4, -0.2) is 36.5 Å². The Labute approximate surface area is 92.2 Å². The van der Waals surface area contributed by atoms with Gasteiger partial charge in [0.15, 0.2) is 0 Å². The summed E-state index contributed by atoms with van der Waals surface area (Å²) in [5, 5.41) is 3.38. The molecule has 0 atom stereocenters. The molecule has 1 heterocycles. The number of nitrogens with zero attached hydrogens (tertiary/aromatic N) is 1. The molecule has 1 saturated carbocycles. The second-order valence-corrected chi connectivity index (χ2v) is 4.73. The Morgan fingerprint density at radius 2 is 1.87 bits per heavy atom. The monoisotopic (exact) mass is 210 g/mol. The van der Waals surface area contributed by atoms with Gasteiger partial charge in [-0.05, 0) is 25.8 Å². The summed E-state index contributed by atoms with van der Waals surface area (Å²) in [6.07, 6.45) is 8.17. The van der Waals surface area contributed by atoms with Gasteiger partial charge in [-0.1, -0.05) is 19.3 Å². The Bertz CT molecular complexity index is 212. The average Bonchev–Trinajstić information content (AvgIpc) is 2.25. The Morgan fingerprint density at radius 1 is 1.07 bits per heavy atom. The van der Waals surface area contributed by atoms with Crippen LogP contribution in [0, 0.1) is 0 Å². The van der Waals surface area contributed by atoms with Gasteiger partial charge in [0.05, 0.1) is 0 Å². The van der Waals surface area contributed by atoms with Crippen molar-refractivity contribution in [3.63, 3.8) is 0 Å². The molecule has 2 fully saturated rings. The van der Waals surface area contributed by atoms with E-state index in [0.717, 1.165) is 32.5 Å². The zero-order valence-corrected chi connectivity index (χ0v) is 9.50. The fourth-order valence-corrected chi connectivity index (χ4v) is 2.74. The third kappa shape index (κ3) is 2.94. The van der Waals surface area contributed by atoms with Gasteiger partial charge in [0.2, 0.25) is 5.91 Å². The molecule has 0 aromatic carbocycles. The number of carbonyl (C=O) groups excluding carboxylic acids is 1. The summed E-state index contributed by atoms with van der Waals surface area (Å²) in [5.74, 6) is 0.392. The molecule has 3 nitrogen and oxygen atoms in total. The number of amides is 1. The molecule has 0 bridgehead atoms. The van der Waals surface area contributed by atoms with Crippen molar-refractivity contribution in [2.45, 2.75) is 51.0 Å². The lowest BCUT2D eigenvalue weighted by Gasteiger charge is -2.35. The number of hydrogen-bond acceptors (Lipinski definition) is 2. The predicted molar refractivity (Wildman–Crippen MR) is 60.7 cm³/mol. The van der Waals surface area contributed by atoms with Crippen molar-refractivity contribution >= 4 is 5.91 Å². The van der Waals surface area contributed by atoms with Crippen molar-refractivity contribution in [3.05, 3.63) is 0 Å². The Balaban J connectivity index is 1.93. The standard InChI is InChI=1S/C12H22N2O/c15-12-7-4-8-13-9-10-14(12)11-5-2-1-3-6-11/h11,13H,1-10H2. The van der Waals surface area contributed by atoms with Gasteiger partial charge in [0.25, 0.3) is 0 Å². The fourth-order valence-electron chi connectivity index (χ4n) is 2.74. The predicted octanol–water partition coefficient (Wildman–Crippen LogP) is 1.53. The van der Waals surface area contributed by atoms with E-state index in [1.165, 1.54) is 32.1 Å². The minimum absolute atomic E-state index is 0.392. The van der Waals surface area contributed by atoms with Crippen LogP contribution in [0.1, 0.15) is 44.9 Å². The van der Waals surface area contributed by atoms with Gasteiger partial charge in [-0.25, -0.2) is 0 Å². The maximum absolute atomic E-state index is 12.0. The highest BCUT2D eigenvalue weighted by Crippen LogP contribution is 2.23. The quantitative estimate of drug-likeness (QED) is 0.712. The molecule has 0 unspecified atom stereocenters. The molecule has 1 aliphatic heterocycles. The maximum Gasteiger partial charge on any atom is 0.222 e. The lowest BCUT2D eigenvalue weighted by molar-refractivity contribution is -0.134. The molecule has 1 aliphatic carbocycles. The van der Waals surface area contributed by atoms with Gasteiger partial charge >= 0.3 is 0 Å². The molecular formula is C12H22N2O. The molecule has 15 heavy (non-hydrogen) atoms. The average molecular weight is 210 g/mol. The van der Waals surface area contributed by atoms with E-state index >= 15 is 0 Å². The number of hydrogen-bond donors (Lipinski definition) is 1. The molecule has 2 aliphatic rings. The second-order valence-electron chi connectivity index (χ2n) is 4.73. The van der Waals surface area contributed by atoms with E-state index in [9.17, 15) is 4.79 Å². The molecule has 1 amide bonds. The van der Waals surface area contributed by atoms with Crippen molar-refractivity contribution < 1.29 is 4.79 Å². The highest BCUT2D eigenvalue weighted by atomic mass is 16.2. The van der Waals surface area contributed by atoms with Crippen LogP contribution < -0.4 is 5.32 Å². The second kappa shape index (κ2) is 5.50. The molecule has 86 valence electrons. The number of rotatable bonds is 1. The summed E-state index contributed by atoms with van der Waals surface area (Å²) >= 11 is 0. The molecule has 1 N–H and O–H groups in total. The third-order valence-corrected chi connectivity index (χ3v) is 3.61. The van der Waals surface area contributed by atoms with E-state index in [4.69, 9.17) is 0 Å². The van der Waals surface area contributed by atoms with Gasteiger partial charge in [-0.2, -0.15) is 0 Å². The van der Waals surface area contributed by atoms with E-state index in [1.54, 1.807) is 0 Å². The largest absolute Gasteiger partial charge is 0.338 e. The van der Waals surface area contributed by atoms with Crippen LogP contribution in [0.4, 0.5) is 0 Å². The first-order valence-electron chi connectivity index (χ1n) is 6.38. The minimum Gasteiger partial charge on any atom is -0.338 e. The SMILES string of the molecule is O=C1CCCNCCN1C1CCCCC1. The molecule has 3 heteroatoms. The van der Waals surface area contributed by atoms with Crippen LogP contribution in [0.2, 0.25) is 0 Å². The van der Waals surface area contributed by atoms with Gasteiger partial charge in [0, 0.05) is 25.6 Å². The first kappa shape index (κ1) is 10.9. The Kier molecular flexibility index (Phi) is 4.01. The van der Waals surface area contributed by atoms with E-state index < -0.39 is 0 Å². The number of nitrogens with one attached hydrogen (secondary N) is 1. The van der Waals surface area contributed by atoms with Crippen molar-refractivity contribution in [2.75, 3.05) is 19.6 Å². The van der Waals surface area contributed by atoms with Gasteiger partial charge < -0.3 is 10.2 Å². The van der Waals surface area contributed by atoms with Gasteiger partial charge in [0.1, 0.15) is 0 Å². The minimum atomic E-state index is 0.392. The molecule has 1 saturated heterocycles. The van der Waals surface area contributed by atoms with Crippen LogP contribution >= 0.6 is 0 Å². The van der Waals surface area contributed by atoms with Crippen LogP contribution in [0.25, 0.3) is 0 Å². The summed E-state index contributed by atoms with van der Waals surface area (Å²) in [7, 11) is 0. The van der Waals surface area contributed by atoms with Crippen molar-refractivity contribution in [2.24, 2.45) is 0 Å². The third-order valence-electron chi connectivity index (χ3n) is 3.61. The first-order valence-corrected chi connectivity index (χ1v) is 6.38. The molecule has 0 aromatic heterocycles. The molecular weight excluding hydrogens is 188 g/mol. The van der Waals surface area contributed by atoms with E-state index in [-0.39, 0.29) is 0 Å². The zero-order chi connectivity index (χ0) is 10.5. The summed E-state index contributed by atoms with van der Waals surface area (Å²) in [4.78, 5) is 14.1. The lowest BCUT2D eigenvalue weighted by Crippen LogP contribution is -2.46. The normalized spacial score (nSPS) is 26.1. The van der Waals surface area contributed by atoms with Gasteiger partial charge in [-0.3, -0.25) is 4.79 Å². The van der Waals surface area contributed by atoms with E-state index in [1.807, 2.05) is 0 Å². The van der Waals surface area contributed by atoms with Crippen molar-refractivity contribution in [1.29, 1.82) is 0 Å². The van der Waals surface area contributed by atoms with Crippen LogP contribution in [-0.2, 0) is 4.79 Å². The topological polar surface area (TPSA) is 32.3 Å². The van der Waals surface area contributed by atoms with E-state index in [2.05, 4.69) is 10.2 Å². The van der Waals surface area contributed by atoms with Crippen LogP contribution in [0.3, 0.4) is 0 Å². The lowest BCUT2D eigenvalue weighted by atomic mass is 9.93. The molecule has 0 aromatic rings. The Morgan fingerprint density at radius 3 is 2.67 bits per heavy atom. The summed E-state index contributed by atoms with van der Waals surface area (Å²) in [6, 6.07) is 0.547. The summed E-state index contributed by atoms with van der Waals surface area (Å²) in [5.41, 5.74) is 0. The summed E-state index contributed by atoms with van der Waals surface area (Å²) in [6.45, 7) is 2.90.